The van der Waals surface area contributed by atoms with Crippen LogP contribution in [0.3, 0.4) is 0 Å². The Labute approximate surface area is 152 Å². The molecule has 1 fully saturated rings. The molecule has 3 rings (SSSR count). The van der Waals surface area contributed by atoms with Crippen LogP contribution in [0.15, 0.2) is 42.5 Å². The molecule has 0 aromatic heterocycles. The van der Waals surface area contributed by atoms with Gasteiger partial charge in [0.25, 0.3) is 5.91 Å². The predicted molar refractivity (Wildman–Crippen MR) is 97.0 cm³/mol. The number of amides is 1. The van der Waals surface area contributed by atoms with E-state index in [0.717, 1.165) is 38.4 Å². The van der Waals surface area contributed by atoms with E-state index in [9.17, 15) is 13.6 Å². The maximum absolute atomic E-state index is 14.0. The highest BCUT2D eigenvalue weighted by molar-refractivity contribution is 5.95. The first-order valence-corrected chi connectivity index (χ1v) is 8.98. The molecule has 2 aromatic carbocycles. The molecule has 1 aliphatic rings. The zero-order valence-corrected chi connectivity index (χ0v) is 14.9. The van der Waals surface area contributed by atoms with Gasteiger partial charge in [-0.05, 0) is 49.4 Å². The van der Waals surface area contributed by atoms with Crippen molar-refractivity contribution in [2.75, 3.05) is 20.2 Å². The number of carbonyl (C=O) groups is 1. The smallest absolute Gasteiger partial charge is 0.253 e. The van der Waals surface area contributed by atoms with Crippen molar-refractivity contribution in [3.05, 3.63) is 59.7 Å². The molecule has 26 heavy (non-hydrogen) atoms. The van der Waals surface area contributed by atoms with Gasteiger partial charge in [0.15, 0.2) is 11.6 Å². The van der Waals surface area contributed by atoms with Crippen molar-refractivity contribution in [2.45, 2.75) is 31.8 Å². The summed E-state index contributed by atoms with van der Waals surface area (Å²) in [4.78, 5) is 14.3. The first-order valence-electron chi connectivity index (χ1n) is 8.98. The van der Waals surface area contributed by atoms with Crippen LogP contribution < -0.4 is 0 Å². The van der Waals surface area contributed by atoms with Gasteiger partial charge in [-0.1, -0.05) is 24.3 Å². The van der Waals surface area contributed by atoms with Crippen LogP contribution in [0, 0.1) is 11.6 Å². The van der Waals surface area contributed by atoms with Crippen molar-refractivity contribution in [3.63, 3.8) is 0 Å². The Morgan fingerprint density at radius 2 is 2.04 bits per heavy atom. The molecule has 1 amide bonds. The molecular weight excluding hydrogens is 336 g/mol. The van der Waals surface area contributed by atoms with Gasteiger partial charge in [-0.15, -0.1) is 0 Å². The third kappa shape index (κ3) is 4.28. The summed E-state index contributed by atoms with van der Waals surface area (Å²) in [6.45, 7) is 1.47. The van der Waals surface area contributed by atoms with E-state index in [0.29, 0.717) is 23.8 Å². The Balaban J connectivity index is 1.66. The second-order valence-electron chi connectivity index (χ2n) is 6.69. The average molecular weight is 359 g/mol. The summed E-state index contributed by atoms with van der Waals surface area (Å²) in [5.41, 5.74) is 1.10. The topological polar surface area (TPSA) is 29.5 Å². The largest absolute Gasteiger partial charge is 0.378 e. The van der Waals surface area contributed by atoms with Gasteiger partial charge < -0.3 is 9.64 Å². The highest BCUT2D eigenvalue weighted by atomic mass is 19.2. The summed E-state index contributed by atoms with van der Waals surface area (Å²) in [6.07, 6.45) is 4.36. The Kier molecular flexibility index (Phi) is 5.99. The van der Waals surface area contributed by atoms with Crippen LogP contribution >= 0.6 is 0 Å². The number of carbonyl (C=O) groups excluding carboxylic acids is 1. The lowest BCUT2D eigenvalue weighted by atomic mass is 10.0. The maximum Gasteiger partial charge on any atom is 0.253 e. The second-order valence-corrected chi connectivity index (χ2v) is 6.69. The molecule has 0 spiro atoms. The summed E-state index contributed by atoms with van der Waals surface area (Å²) in [5.74, 6) is -1.93. The van der Waals surface area contributed by atoms with E-state index in [4.69, 9.17) is 4.74 Å². The fourth-order valence-electron chi connectivity index (χ4n) is 3.30. The van der Waals surface area contributed by atoms with Gasteiger partial charge in [-0.3, -0.25) is 4.79 Å². The third-order valence-electron chi connectivity index (χ3n) is 4.76. The molecule has 138 valence electrons. The SMILES string of the molecule is CN(CCC[C@@H]1CCCO1)C(=O)c1cccc(-c2cccc(F)c2F)c1. The second kappa shape index (κ2) is 8.41. The van der Waals surface area contributed by atoms with E-state index in [-0.39, 0.29) is 11.5 Å². The number of benzene rings is 2. The van der Waals surface area contributed by atoms with Crippen LogP contribution in [-0.4, -0.2) is 37.1 Å². The Morgan fingerprint density at radius 3 is 2.81 bits per heavy atom. The zero-order chi connectivity index (χ0) is 18.5. The summed E-state index contributed by atoms with van der Waals surface area (Å²) in [5, 5.41) is 0. The van der Waals surface area contributed by atoms with Gasteiger partial charge in [0.2, 0.25) is 0 Å². The number of nitrogens with zero attached hydrogens (tertiary/aromatic N) is 1. The van der Waals surface area contributed by atoms with Gasteiger partial charge in [0, 0.05) is 31.3 Å². The van der Waals surface area contributed by atoms with Crippen molar-refractivity contribution < 1.29 is 18.3 Å². The van der Waals surface area contributed by atoms with E-state index in [2.05, 4.69) is 0 Å². The molecule has 1 aliphatic heterocycles. The third-order valence-corrected chi connectivity index (χ3v) is 4.76. The first-order chi connectivity index (χ1) is 12.6. The molecule has 1 saturated heterocycles. The quantitative estimate of drug-likeness (QED) is 0.751. The summed E-state index contributed by atoms with van der Waals surface area (Å²) < 4.78 is 33.1. The lowest BCUT2D eigenvalue weighted by molar-refractivity contribution is 0.0763. The number of rotatable bonds is 6. The highest BCUT2D eigenvalue weighted by Crippen LogP contribution is 2.25. The van der Waals surface area contributed by atoms with E-state index < -0.39 is 11.6 Å². The Hall–Kier alpha value is -2.27. The molecule has 2 aromatic rings. The monoisotopic (exact) mass is 359 g/mol. The van der Waals surface area contributed by atoms with Crippen molar-refractivity contribution in [2.24, 2.45) is 0 Å². The van der Waals surface area contributed by atoms with Crippen molar-refractivity contribution in [3.8, 4) is 11.1 Å². The molecule has 0 bridgehead atoms. The molecule has 0 aliphatic carbocycles. The van der Waals surface area contributed by atoms with E-state index in [1.54, 1.807) is 36.2 Å². The fraction of sp³-hybridized carbons (Fsp3) is 0.381. The molecule has 3 nitrogen and oxygen atoms in total. The molecule has 1 heterocycles. The minimum Gasteiger partial charge on any atom is -0.378 e. The molecule has 0 N–H and O–H groups in total. The van der Waals surface area contributed by atoms with Gasteiger partial charge in [0.05, 0.1) is 6.10 Å². The number of hydrogen-bond donors (Lipinski definition) is 0. The fourth-order valence-corrected chi connectivity index (χ4v) is 3.30. The van der Waals surface area contributed by atoms with Crippen LogP contribution in [0.1, 0.15) is 36.0 Å². The average Bonchev–Trinajstić information content (AvgIpc) is 3.17. The number of ether oxygens (including phenoxy) is 1. The molecular formula is C21H23F2NO2. The predicted octanol–water partition coefficient (Wildman–Crippen LogP) is 4.66. The Morgan fingerprint density at radius 1 is 1.23 bits per heavy atom. The molecule has 5 heteroatoms. The van der Waals surface area contributed by atoms with E-state index in [1.807, 2.05) is 0 Å². The summed E-state index contributed by atoms with van der Waals surface area (Å²) in [6, 6.07) is 10.7. The molecule has 0 radical (unpaired) electrons. The zero-order valence-electron chi connectivity index (χ0n) is 14.9. The number of halogens is 2. The van der Waals surface area contributed by atoms with Crippen molar-refractivity contribution in [1.29, 1.82) is 0 Å². The molecule has 0 saturated carbocycles. The summed E-state index contributed by atoms with van der Waals surface area (Å²) in [7, 11) is 1.76. The van der Waals surface area contributed by atoms with Crippen LogP contribution in [0.2, 0.25) is 0 Å². The Bertz CT molecular complexity index is 772. The van der Waals surface area contributed by atoms with Gasteiger partial charge in [0.1, 0.15) is 0 Å². The molecule has 0 unspecified atom stereocenters. The van der Waals surface area contributed by atoms with Crippen LogP contribution in [0.5, 0.6) is 0 Å². The minimum absolute atomic E-state index is 0.129. The van der Waals surface area contributed by atoms with E-state index >= 15 is 0 Å². The van der Waals surface area contributed by atoms with E-state index in [1.165, 1.54) is 12.1 Å². The maximum atomic E-state index is 14.0. The van der Waals surface area contributed by atoms with Crippen LogP contribution in [0.4, 0.5) is 8.78 Å². The van der Waals surface area contributed by atoms with Gasteiger partial charge in [-0.25, -0.2) is 8.78 Å². The highest BCUT2D eigenvalue weighted by Gasteiger charge is 2.17. The first kappa shape index (κ1) is 18.5. The lowest BCUT2D eigenvalue weighted by Crippen LogP contribution is -2.28. The van der Waals surface area contributed by atoms with Gasteiger partial charge in [-0.2, -0.15) is 0 Å². The van der Waals surface area contributed by atoms with Crippen LogP contribution in [-0.2, 0) is 4.74 Å². The van der Waals surface area contributed by atoms with Gasteiger partial charge >= 0.3 is 0 Å². The molecule has 1 atom stereocenters. The standard InChI is InChI=1S/C21H23F2NO2/c1-24(12-4-8-17-9-5-13-26-17)21(25)16-7-2-6-15(14-16)18-10-3-11-19(22)20(18)23/h2-3,6-7,10-11,14,17H,4-5,8-9,12-13H2,1H3/t17-/m1/s1. The van der Waals surface area contributed by atoms with Crippen LogP contribution in [0.25, 0.3) is 11.1 Å². The normalized spacial score (nSPS) is 16.7. The van der Waals surface area contributed by atoms with Crippen molar-refractivity contribution in [1.82, 2.24) is 4.90 Å². The minimum atomic E-state index is -0.901. The lowest BCUT2D eigenvalue weighted by Gasteiger charge is -2.19. The van der Waals surface area contributed by atoms with Crippen molar-refractivity contribution >= 4 is 5.91 Å². The summed E-state index contributed by atoms with van der Waals surface area (Å²) >= 11 is 0. The number of hydrogen-bond acceptors (Lipinski definition) is 2.